The van der Waals surface area contributed by atoms with E-state index in [0.717, 1.165) is 0 Å². The summed E-state index contributed by atoms with van der Waals surface area (Å²) in [5.74, 6) is -1.47. The molecule has 1 atom stereocenters. The van der Waals surface area contributed by atoms with Crippen LogP contribution in [-0.4, -0.2) is 13.2 Å². The van der Waals surface area contributed by atoms with Crippen LogP contribution in [0.15, 0.2) is 22.7 Å². The Morgan fingerprint density at radius 2 is 1.94 bits per heavy atom. The van der Waals surface area contributed by atoms with E-state index in [1.54, 1.807) is 19.9 Å². The number of hydrogen-bond donors (Lipinski definition) is 1. The molecule has 1 rings (SSSR count). The SMILES string of the molecule is CCOP(=O)(OCC)[C@H](N)c1ccc(Br)c(F)c1. The van der Waals surface area contributed by atoms with E-state index in [-0.39, 0.29) is 13.2 Å². The lowest BCUT2D eigenvalue weighted by molar-refractivity contribution is 0.212. The second-order valence-electron chi connectivity index (χ2n) is 3.49. The van der Waals surface area contributed by atoms with Gasteiger partial charge in [-0.25, -0.2) is 4.39 Å². The number of benzene rings is 1. The van der Waals surface area contributed by atoms with E-state index in [2.05, 4.69) is 15.9 Å². The van der Waals surface area contributed by atoms with Gasteiger partial charge in [-0.2, -0.15) is 0 Å². The fourth-order valence-corrected chi connectivity index (χ4v) is 3.32. The lowest BCUT2D eigenvalue weighted by Crippen LogP contribution is -2.15. The summed E-state index contributed by atoms with van der Waals surface area (Å²) in [4.78, 5) is 0. The fourth-order valence-electron chi connectivity index (χ4n) is 1.44. The van der Waals surface area contributed by atoms with Crippen molar-refractivity contribution >= 4 is 23.5 Å². The molecule has 0 unspecified atom stereocenters. The van der Waals surface area contributed by atoms with Gasteiger partial charge in [0.2, 0.25) is 0 Å². The lowest BCUT2D eigenvalue weighted by atomic mass is 10.2. The fraction of sp³-hybridized carbons (Fsp3) is 0.455. The molecule has 0 aromatic heterocycles. The molecule has 0 aliphatic carbocycles. The summed E-state index contributed by atoms with van der Waals surface area (Å²) < 4.78 is 36.4. The maximum Gasteiger partial charge on any atom is 0.351 e. The Morgan fingerprint density at radius 1 is 1.39 bits per heavy atom. The van der Waals surface area contributed by atoms with Crippen molar-refractivity contribution in [3.63, 3.8) is 0 Å². The van der Waals surface area contributed by atoms with Gasteiger partial charge in [-0.05, 0) is 47.5 Å². The molecule has 0 aliphatic heterocycles. The smallest absolute Gasteiger partial charge is 0.314 e. The molecule has 7 heteroatoms. The van der Waals surface area contributed by atoms with Crippen LogP contribution in [0.1, 0.15) is 25.2 Å². The van der Waals surface area contributed by atoms with Crippen molar-refractivity contribution in [3.8, 4) is 0 Å². The van der Waals surface area contributed by atoms with E-state index in [4.69, 9.17) is 14.8 Å². The number of hydrogen-bond acceptors (Lipinski definition) is 4. The van der Waals surface area contributed by atoms with Crippen LogP contribution < -0.4 is 5.73 Å². The Bertz CT molecular complexity index is 448. The molecule has 18 heavy (non-hydrogen) atoms. The average molecular weight is 340 g/mol. The Morgan fingerprint density at radius 3 is 2.39 bits per heavy atom. The van der Waals surface area contributed by atoms with Crippen LogP contribution in [0.4, 0.5) is 4.39 Å². The second kappa shape index (κ2) is 6.78. The van der Waals surface area contributed by atoms with Crippen molar-refractivity contribution in [3.05, 3.63) is 34.1 Å². The van der Waals surface area contributed by atoms with Gasteiger partial charge in [-0.3, -0.25) is 4.57 Å². The van der Waals surface area contributed by atoms with Crippen molar-refractivity contribution in [2.75, 3.05) is 13.2 Å². The first kappa shape index (κ1) is 15.8. The summed E-state index contributed by atoms with van der Waals surface area (Å²) in [6.45, 7) is 3.81. The summed E-state index contributed by atoms with van der Waals surface area (Å²) in [5, 5.41) is 0. The summed E-state index contributed by atoms with van der Waals surface area (Å²) in [6, 6.07) is 4.31. The van der Waals surface area contributed by atoms with Gasteiger partial charge in [0.1, 0.15) is 11.6 Å². The number of nitrogens with two attached hydrogens (primary N) is 1. The third kappa shape index (κ3) is 3.62. The summed E-state index contributed by atoms with van der Waals surface area (Å²) >= 11 is 3.04. The van der Waals surface area contributed by atoms with Gasteiger partial charge in [-0.15, -0.1) is 0 Å². The zero-order valence-corrected chi connectivity index (χ0v) is 12.7. The maximum absolute atomic E-state index is 13.4. The van der Waals surface area contributed by atoms with Gasteiger partial charge in [0.15, 0.2) is 0 Å². The molecule has 1 aromatic rings. The van der Waals surface area contributed by atoms with Crippen molar-refractivity contribution in [2.45, 2.75) is 19.6 Å². The zero-order valence-electron chi connectivity index (χ0n) is 10.2. The largest absolute Gasteiger partial charge is 0.351 e. The molecule has 0 aliphatic rings. The standard InChI is InChI=1S/C11H16BrFNO3P/c1-3-16-18(15,17-4-2)11(14)8-5-6-9(12)10(13)7-8/h5-7,11H,3-4,14H2,1-2H3/t11-/m0/s1. The minimum Gasteiger partial charge on any atom is -0.314 e. The van der Waals surface area contributed by atoms with Gasteiger partial charge < -0.3 is 14.8 Å². The monoisotopic (exact) mass is 339 g/mol. The highest BCUT2D eigenvalue weighted by Gasteiger charge is 2.34. The van der Waals surface area contributed by atoms with E-state index in [0.29, 0.717) is 10.0 Å². The molecule has 0 fully saturated rings. The van der Waals surface area contributed by atoms with Crippen molar-refractivity contribution in [1.82, 2.24) is 0 Å². The highest BCUT2D eigenvalue weighted by Crippen LogP contribution is 2.58. The first-order chi connectivity index (χ1) is 8.44. The van der Waals surface area contributed by atoms with Crippen molar-refractivity contribution in [2.24, 2.45) is 5.73 Å². The van der Waals surface area contributed by atoms with Crippen LogP contribution in [0.25, 0.3) is 0 Å². The molecule has 0 radical (unpaired) electrons. The van der Waals surface area contributed by atoms with E-state index < -0.39 is 19.2 Å². The van der Waals surface area contributed by atoms with Gasteiger partial charge >= 0.3 is 7.60 Å². The van der Waals surface area contributed by atoms with Gasteiger partial charge in [0.05, 0.1) is 17.7 Å². The topological polar surface area (TPSA) is 61.5 Å². The highest BCUT2D eigenvalue weighted by atomic mass is 79.9. The molecule has 0 saturated heterocycles. The first-order valence-electron chi connectivity index (χ1n) is 5.54. The third-order valence-corrected chi connectivity index (χ3v) is 5.10. The first-order valence-corrected chi connectivity index (χ1v) is 7.94. The minimum atomic E-state index is -3.47. The molecule has 0 heterocycles. The number of halogens is 2. The summed E-state index contributed by atoms with van der Waals surface area (Å²) in [5.41, 5.74) is 6.25. The lowest BCUT2D eigenvalue weighted by Gasteiger charge is -2.23. The molecular formula is C11H16BrFNO3P. The molecular weight excluding hydrogens is 324 g/mol. The molecule has 4 nitrogen and oxygen atoms in total. The Kier molecular flexibility index (Phi) is 5.95. The molecule has 2 N–H and O–H groups in total. The Hall–Kier alpha value is -0.260. The molecule has 102 valence electrons. The van der Waals surface area contributed by atoms with Crippen LogP contribution in [0.3, 0.4) is 0 Å². The van der Waals surface area contributed by atoms with E-state index in [1.165, 1.54) is 12.1 Å². The van der Waals surface area contributed by atoms with Gasteiger partial charge in [0.25, 0.3) is 0 Å². The van der Waals surface area contributed by atoms with E-state index >= 15 is 0 Å². The molecule has 0 saturated carbocycles. The van der Waals surface area contributed by atoms with Crippen LogP contribution in [0.5, 0.6) is 0 Å². The number of rotatable bonds is 6. The molecule has 1 aromatic carbocycles. The molecule has 0 amide bonds. The molecule has 0 bridgehead atoms. The van der Waals surface area contributed by atoms with Gasteiger partial charge in [-0.1, -0.05) is 6.07 Å². The minimum absolute atomic E-state index is 0.212. The predicted octanol–water partition coefficient (Wildman–Crippen LogP) is 3.81. The van der Waals surface area contributed by atoms with Crippen LogP contribution in [0, 0.1) is 5.82 Å². The zero-order chi connectivity index (χ0) is 13.8. The Labute approximate surface area is 114 Å². The highest BCUT2D eigenvalue weighted by molar-refractivity contribution is 9.10. The van der Waals surface area contributed by atoms with Gasteiger partial charge in [0, 0.05) is 0 Å². The predicted molar refractivity (Wildman–Crippen MR) is 71.9 cm³/mol. The normalized spacial score (nSPS) is 13.6. The molecule has 0 spiro atoms. The Balaban J connectivity index is 3.05. The van der Waals surface area contributed by atoms with Crippen LogP contribution in [0.2, 0.25) is 0 Å². The second-order valence-corrected chi connectivity index (χ2v) is 6.50. The van der Waals surface area contributed by atoms with Crippen LogP contribution in [-0.2, 0) is 13.6 Å². The third-order valence-electron chi connectivity index (χ3n) is 2.24. The average Bonchev–Trinajstić information content (AvgIpc) is 2.32. The van der Waals surface area contributed by atoms with Crippen molar-refractivity contribution < 1.29 is 18.0 Å². The van der Waals surface area contributed by atoms with E-state index in [9.17, 15) is 8.96 Å². The summed E-state index contributed by atoms with van der Waals surface area (Å²) in [6.07, 6.45) is 0. The quantitative estimate of drug-likeness (QED) is 0.800. The van der Waals surface area contributed by atoms with E-state index in [1.807, 2.05) is 0 Å². The maximum atomic E-state index is 13.4. The van der Waals surface area contributed by atoms with Crippen LogP contribution >= 0.6 is 23.5 Å². The van der Waals surface area contributed by atoms with Crippen molar-refractivity contribution in [1.29, 1.82) is 0 Å². The summed E-state index contributed by atoms with van der Waals surface area (Å²) in [7, 11) is -3.47.